The molecule has 0 amide bonds. The SMILES string of the molecule is Oc1ccc(-c2nc3ccc(Cl)cc3[nH]2)cc1Br. The van der Waals surface area contributed by atoms with E-state index in [-0.39, 0.29) is 5.75 Å². The van der Waals surface area contributed by atoms with Crippen molar-refractivity contribution < 1.29 is 5.11 Å². The van der Waals surface area contributed by atoms with Gasteiger partial charge in [0.25, 0.3) is 0 Å². The summed E-state index contributed by atoms with van der Waals surface area (Å²) in [5.74, 6) is 0.950. The Morgan fingerprint density at radius 3 is 2.78 bits per heavy atom. The number of aromatic hydroxyl groups is 1. The van der Waals surface area contributed by atoms with Crippen LogP contribution in [-0.2, 0) is 0 Å². The molecule has 0 aliphatic carbocycles. The summed E-state index contributed by atoms with van der Waals surface area (Å²) in [6.45, 7) is 0. The normalized spacial score (nSPS) is 11.0. The molecule has 3 aromatic rings. The third kappa shape index (κ3) is 1.98. The zero-order valence-electron chi connectivity index (χ0n) is 9.11. The number of rotatable bonds is 1. The topological polar surface area (TPSA) is 48.9 Å². The zero-order valence-corrected chi connectivity index (χ0v) is 11.5. The summed E-state index contributed by atoms with van der Waals surface area (Å²) in [5.41, 5.74) is 2.65. The molecule has 0 saturated heterocycles. The number of fused-ring (bicyclic) bond motifs is 1. The number of H-pyrrole nitrogens is 1. The molecular formula is C13H8BrClN2O. The lowest BCUT2D eigenvalue weighted by molar-refractivity contribution is 0.472. The van der Waals surface area contributed by atoms with Crippen LogP contribution in [0.25, 0.3) is 22.4 Å². The van der Waals surface area contributed by atoms with Gasteiger partial charge >= 0.3 is 0 Å². The lowest BCUT2D eigenvalue weighted by Gasteiger charge is -1.99. The highest BCUT2D eigenvalue weighted by Crippen LogP contribution is 2.29. The van der Waals surface area contributed by atoms with Crippen molar-refractivity contribution in [1.82, 2.24) is 9.97 Å². The number of nitrogens with one attached hydrogen (secondary N) is 1. The molecule has 0 saturated carbocycles. The number of aromatic amines is 1. The predicted molar refractivity (Wildman–Crippen MR) is 75.9 cm³/mol. The second kappa shape index (κ2) is 4.30. The van der Waals surface area contributed by atoms with Crippen molar-refractivity contribution in [3.8, 4) is 17.1 Å². The number of aromatic nitrogens is 2. The molecule has 3 rings (SSSR count). The van der Waals surface area contributed by atoms with Crippen molar-refractivity contribution in [3.63, 3.8) is 0 Å². The molecule has 2 N–H and O–H groups in total. The Morgan fingerprint density at radius 2 is 2.00 bits per heavy atom. The van der Waals surface area contributed by atoms with Crippen molar-refractivity contribution in [1.29, 1.82) is 0 Å². The van der Waals surface area contributed by atoms with Gasteiger partial charge in [-0.25, -0.2) is 4.98 Å². The molecule has 2 aromatic carbocycles. The lowest BCUT2D eigenvalue weighted by atomic mass is 10.2. The fraction of sp³-hybridized carbons (Fsp3) is 0. The van der Waals surface area contributed by atoms with Crippen LogP contribution in [0.5, 0.6) is 5.75 Å². The minimum absolute atomic E-state index is 0.206. The molecule has 3 nitrogen and oxygen atoms in total. The second-order valence-electron chi connectivity index (χ2n) is 3.91. The maximum Gasteiger partial charge on any atom is 0.138 e. The molecule has 0 aliphatic heterocycles. The highest BCUT2D eigenvalue weighted by atomic mass is 79.9. The Hall–Kier alpha value is -1.52. The van der Waals surface area contributed by atoms with E-state index in [0.29, 0.717) is 9.50 Å². The summed E-state index contributed by atoms with van der Waals surface area (Å²) in [7, 11) is 0. The number of hydrogen-bond donors (Lipinski definition) is 2. The Kier molecular flexibility index (Phi) is 2.76. The molecule has 1 heterocycles. The third-order valence-electron chi connectivity index (χ3n) is 2.67. The number of halogens is 2. The van der Waals surface area contributed by atoms with Crippen LogP contribution in [0.4, 0.5) is 0 Å². The van der Waals surface area contributed by atoms with Gasteiger partial charge in [-0.2, -0.15) is 0 Å². The first kappa shape index (κ1) is 11.6. The van der Waals surface area contributed by atoms with Crippen LogP contribution in [0.1, 0.15) is 0 Å². The Balaban J connectivity index is 2.16. The van der Waals surface area contributed by atoms with E-state index in [0.717, 1.165) is 22.4 Å². The molecule has 0 bridgehead atoms. The number of hydrogen-bond acceptors (Lipinski definition) is 2. The van der Waals surface area contributed by atoms with Crippen molar-refractivity contribution in [2.45, 2.75) is 0 Å². The number of benzene rings is 2. The number of phenolic OH excluding ortho intramolecular Hbond substituents is 1. The fourth-order valence-corrected chi connectivity index (χ4v) is 2.32. The molecule has 0 unspecified atom stereocenters. The Labute approximate surface area is 117 Å². The monoisotopic (exact) mass is 322 g/mol. The van der Waals surface area contributed by atoms with Crippen molar-refractivity contribution in [3.05, 3.63) is 45.9 Å². The van der Waals surface area contributed by atoms with Crippen molar-refractivity contribution in [2.24, 2.45) is 0 Å². The van der Waals surface area contributed by atoms with E-state index in [9.17, 15) is 5.11 Å². The highest BCUT2D eigenvalue weighted by Gasteiger charge is 2.07. The van der Waals surface area contributed by atoms with Gasteiger partial charge in [-0.3, -0.25) is 0 Å². The lowest BCUT2D eigenvalue weighted by Crippen LogP contribution is -1.80. The maximum atomic E-state index is 9.47. The standard InChI is InChI=1S/C13H8BrClN2O/c14-9-5-7(1-4-12(9)18)13-16-10-3-2-8(15)6-11(10)17-13/h1-6,18H,(H,16,17). The van der Waals surface area contributed by atoms with E-state index in [2.05, 4.69) is 25.9 Å². The van der Waals surface area contributed by atoms with E-state index < -0.39 is 0 Å². The van der Waals surface area contributed by atoms with Gasteiger partial charge in [0.1, 0.15) is 11.6 Å². The summed E-state index contributed by atoms with van der Waals surface area (Å²) < 4.78 is 0.637. The number of phenols is 1. The molecular weight excluding hydrogens is 316 g/mol. The van der Waals surface area contributed by atoms with Gasteiger partial charge in [0.15, 0.2) is 0 Å². The van der Waals surface area contributed by atoms with E-state index in [1.54, 1.807) is 18.2 Å². The van der Waals surface area contributed by atoms with E-state index in [1.807, 2.05) is 18.2 Å². The van der Waals surface area contributed by atoms with Gasteiger partial charge in [0, 0.05) is 10.6 Å². The van der Waals surface area contributed by atoms with Crippen molar-refractivity contribution >= 4 is 38.6 Å². The largest absolute Gasteiger partial charge is 0.507 e. The van der Waals surface area contributed by atoms with Gasteiger partial charge in [-0.15, -0.1) is 0 Å². The molecule has 0 atom stereocenters. The molecule has 18 heavy (non-hydrogen) atoms. The van der Waals surface area contributed by atoms with Crippen LogP contribution in [0.2, 0.25) is 5.02 Å². The summed E-state index contributed by atoms with van der Waals surface area (Å²) in [4.78, 5) is 7.68. The van der Waals surface area contributed by atoms with Gasteiger partial charge in [0.05, 0.1) is 15.5 Å². The third-order valence-corrected chi connectivity index (χ3v) is 3.54. The summed E-state index contributed by atoms with van der Waals surface area (Å²) in [6.07, 6.45) is 0. The maximum absolute atomic E-state index is 9.47. The zero-order chi connectivity index (χ0) is 12.7. The fourth-order valence-electron chi connectivity index (χ4n) is 1.77. The minimum atomic E-state index is 0.206. The highest BCUT2D eigenvalue weighted by molar-refractivity contribution is 9.10. The smallest absolute Gasteiger partial charge is 0.138 e. The first-order chi connectivity index (χ1) is 8.63. The van der Waals surface area contributed by atoms with Gasteiger partial charge in [0.2, 0.25) is 0 Å². The van der Waals surface area contributed by atoms with Crippen LogP contribution < -0.4 is 0 Å². The van der Waals surface area contributed by atoms with Gasteiger partial charge in [-0.05, 0) is 52.3 Å². The number of imidazole rings is 1. The quantitative estimate of drug-likeness (QED) is 0.699. The van der Waals surface area contributed by atoms with Crippen LogP contribution >= 0.6 is 27.5 Å². The van der Waals surface area contributed by atoms with E-state index >= 15 is 0 Å². The summed E-state index contributed by atoms with van der Waals surface area (Å²) in [5, 5.41) is 10.1. The average molecular weight is 324 g/mol. The average Bonchev–Trinajstić information content (AvgIpc) is 2.75. The molecule has 0 spiro atoms. The Bertz CT molecular complexity index is 739. The minimum Gasteiger partial charge on any atom is -0.507 e. The summed E-state index contributed by atoms with van der Waals surface area (Å²) in [6, 6.07) is 10.8. The molecule has 0 fully saturated rings. The predicted octanol–water partition coefficient (Wildman–Crippen LogP) is 4.35. The molecule has 90 valence electrons. The summed E-state index contributed by atoms with van der Waals surface area (Å²) >= 11 is 9.22. The van der Waals surface area contributed by atoms with E-state index in [1.165, 1.54) is 0 Å². The van der Waals surface area contributed by atoms with Gasteiger partial charge < -0.3 is 10.1 Å². The van der Waals surface area contributed by atoms with E-state index in [4.69, 9.17) is 11.6 Å². The molecule has 0 aliphatic rings. The van der Waals surface area contributed by atoms with Gasteiger partial charge in [-0.1, -0.05) is 11.6 Å². The van der Waals surface area contributed by atoms with Crippen LogP contribution in [0.15, 0.2) is 40.9 Å². The molecule has 1 aromatic heterocycles. The Morgan fingerprint density at radius 1 is 1.17 bits per heavy atom. The first-order valence-electron chi connectivity index (χ1n) is 5.27. The van der Waals surface area contributed by atoms with Crippen LogP contribution in [-0.4, -0.2) is 15.1 Å². The number of nitrogens with zero attached hydrogens (tertiary/aromatic N) is 1. The second-order valence-corrected chi connectivity index (χ2v) is 5.20. The van der Waals surface area contributed by atoms with Crippen LogP contribution in [0.3, 0.4) is 0 Å². The molecule has 5 heteroatoms. The van der Waals surface area contributed by atoms with Crippen LogP contribution in [0, 0.1) is 0 Å². The van der Waals surface area contributed by atoms with Crippen molar-refractivity contribution in [2.75, 3.05) is 0 Å². The first-order valence-corrected chi connectivity index (χ1v) is 6.45. The molecule has 0 radical (unpaired) electrons.